The van der Waals surface area contributed by atoms with Crippen LogP contribution >= 0.6 is 0 Å². The van der Waals surface area contributed by atoms with Crippen molar-refractivity contribution in [2.45, 2.75) is 12.8 Å². The van der Waals surface area contributed by atoms with E-state index in [-0.39, 0.29) is 19.4 Å². The molecule has 0 bridgehead atoms. The zero-order valence-electron chi connectivity index (χ0n) is 11.1. The molecule has 0 saturated carbocycles. The van der Waals surface area contributed by atoms with Crippen LogP contribution in [-0.4, -0.2) is 46.0 Å². The number of carboxylic acid groups (broad SMARTS) is 2. The van der Waals surface area contributed by atoms with Gasteiger partial charge in [-0.3, -0.25) is 9.59 Å². The fraction of sp³-hybridized carbons (Fsp3) is 0.357. The number of likely N-dealkylation sites (tertiary alicyclic amines) is 1. The number of nitrogens with zero attached hydrogens (tertiary/aromatic N) is 1. The van der Waals surface area contributed by atoms with Crippen LogP contribution in [0.1, 0.15) is 12.0 Å². The molecule has 0 spiro atoms. The van der Waals surface area contributed by atoms with Crippen molar-refractivity contribution >= 4 is 17.8 Å². The highest BCUT2D eigenvalue weighted by Crippen LogP contribution is 2.31. The van der Waals surface area contributed by atoms with Crippen LogP contribution < -0.4 is 0 Å². The minimum Gasteiger partial charge on any atom is -0.480 e. The molecular formula is C14H14FNO5. The van der Waals surface area contributed by atoms with Crippen LogP contribution in [-0.2, 0) is 16.0 Å². The normalized spacial score (nSPS) is 22.1. The second-order valence-electron chi connectivity index (χ2n) is 5.07. The quantitative estimate of drug-likeness (QED) is 0.822. The molecule has 21 heavy (non-hydrogen) atoms. The molecule has 2 N–H and O–H groups in total. The van der Waals surface area contributed by atoms with Gasteiger partial charge in [0.05, 0.1) is 0 Å². The average Bonchev–Trinajstić information content (AvgIpc) is 2.43. The molecule has 1 atom stereocenters. The van der Waals surface area contributed by atoms with Crippen molar-refractivity contribution in [2.75, 3.05) is 13.1 Å². The highest BCUT2D eigenvalue weighted by Gasteiger charge is 2.50. The summed E-state index contributed by atoms with van der Waals surface area (Å²) in [7, 11) is 0. The predicted molar refractivity (Wildman–Crippen MR) is 69.4 cm³/mol. The van der Waals surface area contributed by atoms with Gasteiger partial charge >= 0.3 is 12.1 Å². The third-order valence-corrected chi connectivity index (χ3v) is 3.70. The Balaban J connectivity index is 2.34. The molecule has 2 rings (SSSR count). The van der Waals surface area contributed by atoms with Crippen molar-refractivity contribution in [2.24, 2.45) is 5.41 Å². The van der Waals surface area contributed by atoms with Crippen molar-refractivity contribution < 1.29 is 29.0 Å². The van der Waals surface area contributed by atoms with Crippen molar-refractivity contribution in [1.82, 2.24) is 4.90 Å². The molecule has 112 valence electrons. The second-order valence-corrected chi connectivity index (χ2v) is 5.07. The molecule has 1 aromatic rings. The van der Waals surface area contributed by atoms with Crippen LogP contribution in [0.2, 0.25) is 0 Å². The van der Waals surface area contributed by atoms with Gasteiger partial charge in [0, 0.05) is 19.5 Å². The molecule has 6 nitrogen and oxygen atoms in total. The van der Waals surface area contributed by atoms with Crippen molar-refractivity contribution in [3.8, 4) is 0 Å². The van der Waals surface area contributed by atoms with Crippen LogP contribution in [0.25, 0.3) is 0 Å². The lowest BCUT2D eigenvalue weighted by Crippen LogP contribution is -2.56. The van der Waals surface area contributed by atoms with Gasteiger partial charge in [0.1, 0.15) is 11.2 Å². The molecule has 1 aliphatic rings. The van der Waals surface area contributed by atoms with Crippen molar-refractivity contribution in [3.05, 3.63) is 35.6 Å². The summed E-state index contributed by atoms with van der Waals surface area (Å²) in [5.41, 5.74) is -1.34. The second kappa shape index (κ2) is 5.51. The van der Waals surface area contributed by atoms with E-state index in [1.807, 2.05) is 0 Å². The SMILES string of the molecule is O=C(O)N1CCC(=O)C(Cc2ccc(F)cc2)(C(=O)O)C1. The molecule has 7 heteroatoms. The fourth-order valence-electron chi connectivity index (χ4n) is 2.50. The summed E-state index contributed by atoms with van der Waals surface area (Å²) in [4.78, 5) is 35.7. The molecule has 0 aliphatic carbocycles. The number of piperidine rings is 1. The topological polar surface area (TPSA) is 94.9 Å². The highest BCUT2D eigenvalue weighted by molar-refractivity contribution is 6.04. The lowest BCUT2D eigenvalue weighted by molar-refractivity contribution is -0.158. The Bertz CT molecular complexity index is 586. The zero-order valence-corrected chi connectivity index (χ0v) is 11.1. The third kappa shape index (κ3) is 2.86. The van der Waals surface area contributed by atoms with Crippen LogP contribution in [0.4, 0.5) is 9.18 Å². The molecule has 0 aromatic heterocycles. The Labute approximate surface area is 119 Å². The van der Waals surface area contributed by atoms with Gasteiger partial charge in [0.2, 0.25) is 0 Å². The molecule has 1 fully saturated rings. The summed E-state index contributed by atoms with van der Waals surface area (Å²) >= 11 is 0. The summed E-state index contributed by atoms with van der Waals surface area (Å²) in [5.74, 6) is -2.33. The fourth-order valence-corrected chi connectivity index (χ4v) is 2.50. The Morgan fingerprint density at radius 2 is 1.86 bits per heavy atom. The number of benzene rings is 1. The minimum absolute atomic E-state index is 0.00733. The standard InChI is InChI=1S/C14H14FNO5/c15-10-3-1-9(2-4-10)7-14(12(18)19)8-16(13(20)21)6-5-11(14)17/h1-4H,5-8H2,(H,18,19)(H,20,21). The first-order valence-electron chi connectivity index (χ1n) is 6.34. The number of carboxylic acids is 1. The van der Waals surface area contributed by atoms with Crippen molar-refractivity contribution in [1.29, 1.82) is 0 Å². The van der Waals surface area contributed by atoms with Gasteiger partial charge in [-0.15, -0.1) is 0 Å². The van der Waals surface area contributed by atoms with Crippen LogP contribution in [0, 0.1) is 11.2 Å². The Morgan fingerprint density at radius 3 is 2.38 bits per heavy atom. The maximum absolute atomic E-state index is 12.9. The minimum atomic E-state index is -1.81. The zero-order chi connectivity index (χ0) is 15.6. The summed E-state index contributed by atoms with van der Waals surface area (Å²) in [6.45, 7) is -0.402. The van der Waals surface area contributed by atoms with Crippen LogP contribution in [0.5, 0.6) is 0 Å². The molecule has 1 unspecified atom stereocenters. The van der Waals surface area contributed by atoms with E-state index in [1.165, 1.54) is 24.3 Å². The molecule has 1 amide bonds. The van der Waals surface area contributed by atoms with Gasteiger partial charge in [-0.2, -0.15) is 0 Å². The maximum atomic E-state index is 12.9. The molecule has 1 saturated heterocycles. The Morgan fingerprint density at radius 1 is 1.24 bits per heavy atom. The maximum Gasteiger partial charge on any atom is 0.407 e. The lowest BCUT2D eigenvalue weighted by atomic mass is 9.74. The van der Waals surface area contributed by atoms with Crippen LogP contribution in [0.15, 0.2) is 24.3 Å². The number of carbonyl (C=O) groups excluding carboxylic acids is 1. The number of ketones is 1. The molecular weight excluding hydrogens is 281 g/mol. The van der Waals surface area contributed by atoms with E-state index in [2.05, 4.69) is 0 Å². The van der Waals surface area contributed by atoms with Gasteiger partial charge in [0.25, 0.3) is 0 Å². The molecule has 0 radical (unpaired) electrons. The van der Waals surface area contributed by atoms with Gasteiger partial charge in [0.15, 0.2) is 5.78 Å². The number of aliphatic carboxylic acids is 1. The predicted octanol–water partition coefficient (Wildman–Crippen LogP) is 1.39. The monoisotopic (exact) mass is 295 g/mol. The number of Topliss-reactive ketones (excluding diaryl/α,β-unsaturated/α-hetero) is 1. The summed E-state index contributed by atoms with van der Waals surface area (Å²) < 4.78 is 12.9. The van der Waals surface area contributed by atoms with E-state index in [4.69, 9.17) is 5.11 Å². The van der Waals surface area contributed by atoms with E-state index in [1.54, 1.807) is 0 Å². The van der Waals surface area contributed by atoms with Crippen molar-refractivity contribution in [3.63, 3.8) is 0 Å². The number of amides is 1. The van der Waals surface area contributed by atoms with E-state index in [9.17, 15) is 23.9 Å². The third-order valence-electron chi connectivity index (χ3n) is 3.70. The largest absolute Gasteiger partial charge is 0.480 e. The first kappa shape index (κ1) is 15.0. The van der Waals surface area contributed by atoms with Gasteiger partial charge < -0.3 is 15.1 Å². The Kier molecular flexibility index (Phi) is 3.93. The molecule has 1 aliphatic heterocycles. The summed E-state index contributed by atoms with van der Waals surface area (Å²) in [6, 6.07) is 5.14. The lowest BCUT2D eigenvalue weighted by Gasteiger charge is -2.37. The van der Waals surface area contributed by atoms with E-state index >= 15 is 0 Å². The first-order chi connectivity index (χ1) is 9.85. The molecule has 1 heterocycles. The molecule has 1 aromatic carbocycles. The average molecular weight is 295 g/mol. The van der Waals surface area contributed by atoms with E-state index in [0.717, 1.165) is 4.90 Å². The van der Waals surface area contributed by atoms with Gasteiger partial charge in [-0.05, 0) is 24.1 Å². The first-order valence-corrected chi connectivity index (χ1v) is 6.34. The van der Waals surface area contributed by atoms with Crippen LogP contribution in [0.3, 0.4) is 0 Å². The van der Waals surface area contributed by atoms with E-state index < -0.39 is 35.6 Å². The number of halogens is 1. The summed E-state index contributed by atoms with van der Waals surface area (Å²) in [6.07, 6.45) is -1.56. The number of rotatable bonds is 3. The van der Waals surface area contributed by atoms with E-state index in [0.29, 0.717) is 5.56 Å². The number of hydrogen-bond donors (Lipinski definition) is 2. The number of hydrogen-bond acceptors (Lipinski definition) is 3. The summed E-state index contributed by atoms with van der Waals surface area (Å²) in [5, 5.41) is 18.5. The highest BCUT2D eigenvalue weighted by atomic mass is 19.1. The smallest absolute Gasteiger partial charge is 0.407 e. The number of carbonyl (C=O) groups is 3. The van der Waals surface area contributed by atoms with Gasteiger partial charge in [-0.25, -0.2) is 9.18 Å². The Hall–Kier alpha value is -2.44. The van der Waals surface area contributed by atoms with Gasteiger partial charge in [-0.1, -0.05) is 12.1 Å².